The molecule has 0 atom stereocenters. The maximum Gasteiger partial charge on any atom is 0.305 e. The predicted octanol–water partition coefficient (Wildman–Crippen LogP) is 1.22. The van der Waals surface area contributed by atoms with Crippen LogP contribution in [0.25, 0.3) is 0 Å². The number of nitriles is 1. The molecule has 25 heavy (non-hydrogen) atoms. The van der Waals surface area contributed by atoms with Crippen molar-refractivity contribution in [2.45, 2.75) is 12.8 Å². The van der Waals surface area contributed by atoms with Gasteiger partial charge in [-0.1, -0.05) is 0 Å². The Hall–Kier alpha value is -3.34. The Morgan fingerprint density at radius 3 is 2.64 bits per heavy atom. The number of rotatable bonds is 3. The average molecular weight is 339 g/mol. The number of carbonyl (C=O) groups excluding carboxylic acids is 2. The van der Waals surface area contributed by atoms with E-state index < -0.39 is 5.91 Å². The Balaban J connectivity index is 1.47. The zero-order valence-corrected chi connectivity index (χ0v) is 13.4. The molecule has 0 aliphatic carbocycles. The fourth-order valence-corrected chi connectivity index (χ4v) is 2.70. The molecule has 0 saturated carbocycles. The summed E-state index contributed by atoms with van der Waals surface area (Å²) < 4.78 is 4.96. The lowest BCUT2D eigenvalue weighted by Crippen LogP contribution is -2.47. The van der Waals surface area contributed by atoms with Crippen LogP contribution in [0.4, 0.5) is 5.82 Å². The second kappa shape index (κ2) is 7.49. The molecule has 0 bridgehead atoms. The molecule has 2 N–H and O–H groups in total. The molecule has 1 aliphatic rings. The number of anilines is 1. The smallest absolute Gasteiger partial charge is 0.305 e. The lowest BCUT2D eigenvalue weighted by Gasteiger charge is -2.32. The summed E-state index contributed by atoms with van der Waals surface area (Å²) >= 11 is 0. The highest BCUT2D eigenvalue weighted by atomic mass is 16.3. The lowest BCUT2D eigenvalue weighted by molar-refractivity contribution is -0.126. The summed E-state index contributed by atoms with van der Waals surface area (Å²) in [7, 11) is 0. The fourth-order valence-electron chi connectivity index (χ4n) is 2.70. The van der Waals surface area contributed by atoms with E-state index in [2.05, 4.69) is 20.7 Å². The van der Waals surface area contributed by atoms with Crippen LogP contribution in [0.3, 0.4) is 0 Å². The van der Waals surface area contributed by atoms with Crippen LogP contribution in [-0.2, 0) is 4.79 Å². The SMILES string of the molecule is N#Cc1ccc(N2CCC(C(=O)NNC(=O)c3ccco3)CC2)nc1. The van der Waals surface area contributed by atoms with E-state index in [1.165, 1.54) is 18.5 Å². The maximum atomic E-state index is 12.2. The summed E-state index contributed by atoms with van der Waals surface area (Å²) in [6.07, 6.45) is 4.25. The van der Waals surface area contributed by atoms with Crippen LogP contribution >= 0.6 is 0 Å². The number of aromatic nitrogens is 1. The number of nitrogens with one attached hydrogen (secondary N) is 2. The van der Waals surface area contributed by atoms with Crippen molar-refractivity contribution in [1.82, 2.24) is 15.8 Å². The molecule has 8 nitrogen and oxygen atoms in total. The molecule has 1 fully saturated rings. The van der Waals surface area contributed by atoms with Gasteiger partial charge in [-0.15, -0.1) is 0 Å². The van der Waals surface area contributed by atoms with E-state index >= 15 is 0 Å². The van der Waals surface area contributed by atoms with Gasteiger partial charge < -0.3 is 9.32 Å². The molecule has 128 valence electrons. The highest BCUT2D eigenvalue weighted by Gasteiger charge is 2.26. The van der Waals surface area contributed by atoms with Crippen molar-refractivity contribution in [1.29, 1.82) is 5.26 Å². The fraction of sp³-hybridized carbons (Fsp3) is 0.294. The molecule has 2 aromatic rings. The Kier molecular flexibility index (Phi) is 4.95. The summed E-state index contributed by atoms with van der Waals surface area (Å²) in [5.41, 5.74) is 5.31. The van der Waals surface area contributed by atoms with Gasteiger partial charge in [-0.05, 0) is 37.1 Å². The van der Waals surface area contributed by atoms with Crippen LogP contribution in [0.2, 0.25) is 0 Å². The normalized spacial score (nSPS) is 14.6. The van der Waals surface area contributed by atoms with Crippen molar-refractivity contribution >= 4 is 17.6 Å². The van der Waals surface area contributed by atoms with Crippen LogP contribution in [0.15, 0.2) is 41.1 Å². The largest absolute Gasteiger partial charge is 0.459 e. The van der Waals surface area contributed by atoms with Crippen molar-refractivity contribution in [2.75, 3.05) is 18.0 Å². The second-order valence-corrected chi connectivity index (χ2v) is 5.70. The van der Waals surface area contributed by atoms with Crippen LogP contribution < -0.4 is 15.8 Å². The first kappa shape index (κ1) is 16.5. The van der Waals surface area contributed by atoms with E-state index in [-0.39, 0.29) is 17.6 Å². The molecule has 3 rings (SSSR count). The van der Waals surface area contributed by atoms with Gasteiger partial charge in [0, 0.05) is 25.2 Å². The van der Waals surface area contributed by atoms with E-state index in [0.29, 0.717) is 31.5 Å². The van der Waals surface area contributed by atoms with Gasteiger partial charge in [-0.25, -0.2) is 4.98 Å². The molecular weight excluding hydrogens is 322 g/mol. The zero-order chi connectivity index (χ0) is 17.6. The summed E-state index contributed by atoms with van der Waals surface area (Å²) in [6.45, 7) is 1.37. The van der Waals surface area contributed by atoms with Gasteiger partial charge in [0.2, 0.25) is 5.91 Å². The minimum atomic E-state index is -0.488. The number of nitrogens with zero attached hydrogens (tertiary/aromatic N) is 3. The van der Waals surface area contributed by atoms with Gasteiger partial charge >= 0.3 is 5.91 Å². The Bertz CT molecular complexity index is 772. The summed E-state index contributed by atoms with van der Waals surface area (Å²) in [6, 6.07) is 8.69. The molecule has 8 heteroatoms. The number of carbonyl (C=O) groups is 2. The van der Waals surface area contributed by atoms with E-state index in [0.717, 1.165) is 5.82 Å². The number of pyridine rings is 1. The molecule has 2 amide bonds. The first-order valence-electron chi connectivity index (χ1n) is 7.92. The van der Waals surface area contributed by atoms with Crippen molar-refractivity contribution in [3.05, 3.63) is 48.0 Å². The molecule has 1 aliphatic heterocycles. The van der Waals surface area contributed by atoms with Crippen LogP contribution in [0.1, 0.15) is 29.0 Å². The van der Waals surface area contributed by atoms with Crippen molar-refractivity contribution in [3.63, 3.8) is 0 Å². The Morgan fingerprint density at radius 2 is 2.04 bits per heavy atom. The number of hydrogen-bond acceptors (Lipinski definition) is 6. The van der Waals surface area contributed by atoms with Crippen molar-refractivity contribution in [3.8, 4) is 6.07 Å². The first-order valence-corrected chi connectivity index (χ1v) is 7.92. The monoisotopic (exact) mass is 339 g/mol. The molecule has 0 radical (unpaired) electrons. The van der Waals surface area contributed by atoms with E-state index in [9.17, 15) is 9.59 Å². The maximum absolute atomic E-state index is 12.2. The second-order valence-electron chi connectivity index (χ2n) is 5.70. The molecule has 0 unspecified atom stereocenters. The van der Waals surface area contributed by atoms with E-state index in [1.54, 1.807) is 12.1 Å². The molecule has 3 heterocycles. The molecule has 1 saturated heterocycles. The topological polar surface area (TPSA) is 111 Å². The first-order chi connectivity index (χ1) is 12.2. The standard InChI is InChI=1S/C17H17N5O3/c18-10-12-3-4-15(19-11-12)22-7-5-13(6-8-22)16(23)20-21-17(24)14-2-1-9-25-14/h1-4,9,11,13H,5-8H2,(H,20,23)(H,21,24). The van der Waals surface area contributed by atoms with Gasteiger partial charge in [-0.3, -0.25) is 20.4 Å². The number of amides is 2. The number of hydrazine groups is 1. The van der Waals surface area contributed by atoms with Gasteiger partial charge in [0.25, 0.3) is 0 Å². The Morgan fingerprint density at radius 1 is 1.24 bits per heavy atom. The Labute approximate surface area is 144 Å². The van der Waals surface area contributed by atoms with Crippen LogP contribution in [0.5, 0.6) is 0 Å². The van der Waals surface area contributed by atoms with Crippen LogP contribution in [-0.4, -0.2) is 29.9 Å². The minimum absolute atomic E-state index is 0.141. The molecule has 0 aromatic carbocycles. The third-order valence-electron chi connectivity index (χ3n) is 4.11. The van der Waals surface area contributed by atoms with Gasteiger partial charge in [0.05, 0.1) is 11.8 Å². The van der Waals surface area contributed by atoms with Gasteiger partial charge in [-0.2, -0.15) is 5.26 Å². The van der Waals surface area contributed by atoms with Crippen molar-refractivity contribution in [2.24, 2.45) is 5.92 Å². The number of piperidine rings is 1. The van der Waals surface area contributed by atoms with Gasteiger partial charge in [0.1, 0.15) is 11.9 Å². The molecular formula is C17H17N5O3. The summed E-state index contributed by atoms with van der Waals surface area (Å²) in [4.78, 5) is 30.2. The number of furan rings is 1. The molecule has 0 spiro atoms. The quantitative estimate of drug-likeness (QED) is 0.814. The van der Waals surface area contributed by atoms with Crippen molar-refractivity contribution < 1.29 is 14.0 Å². The van der Waals surface area contributed by atoms with Gasteiger partial charge in [0.15, 0.2) is 5.76 Å². The highest BCUT2D eigenvalue weighted by molar-refractivity contribution is 5.93. The third-order valence-corrected chi connectivity index (χ3v) is 4.11. The minimum Gasteiger partial charge on any atom is -0.459 e. The van der Waals surface area contributed by atoms with E-state index in [1.807, 2.05) is 12.1 Å². The van der Waals surface area contributed by atoms with E-state index in [4.69, 9.17) is 9.68 Å². The third kappa shape index (κ3) is 3.95. The average Bonchev–Trinajstić information content (AvgIpc) is 3.21. The highest BCUT2D eigenvalue weighted by Crippen LogP contribution is 2.21. The summed E-state index contributed by atoms with van der Waals surface area (Å²) in [5.74, 6) is 0.0578. The molecule has 2 aromatic heterocycles. The zero-order valence-electron chi connectivity index (χ0n) is 13.4. The van der Waals surface area contributed by atoms with Crippen LogP contribution in [0, 0.1) is 17.2 Å². The number of hydrogen-bond donors (Lipinski definition) is 2. The lowest BCUT2D eigenvalue weighted by atomic mass is 9.96. The summed E-state index contributed by atoms with van der Waals surface area (Å²) in [5, 5.41) is 8.80. The predicted molar refractivity (Wildman–Crippen MR) is 88.2 cm³/mol.